The van der Waals surface area contributed by atoms with Crippen molar-refractivity contribution in [2.24, 2.45) is 0 Å². The molecule has 9 N–H and O–H groups in total. The van der Waals surface area contributed by atoms with Crippen molar-refractivity contribution >= 4 is 5.91 Å². The topological polar surface area (TPSA) is 228 Å². The average Bonchev–Trinajstić information content (AvgIpc) is 0.940. The molecule has 12 unspecified atom stereocenters. The number of rotatable bonds is 69. The Labute approximate surface area is 565 Å². The SMILES string of the molecule is CCCCCCCCCCCCCCCCCCCCCCCCCCCCCCCCCCCC(O)C(COC1OC(CO)C(OC2OC(CO)C(O)C(O)C2O)C(O)C1O)NC(=O)CCCCCCCCCCCCCCCCCCCCCCCCCCC. The van der Waals surface area contributed by atoms with Gasteiger partial charge in [-0.3, -0.25) is 4.79 Å². The fraction of sp³-hybridized carbons (Fsp3) is 0.987. The number of carbonyl (C=O) groups excluding carboxylic acids is 1. The van der Waals surface area contributed by atoms with Crippen LogP contribution in [0.1, 0.15) is 399 Å². The minimum Gasteiger partial charge on any atom is -0.394 e. The maximum Gasteiger partial charge on any atom is 0.220 e. The Morgan fingerprint density at radius 2 is 0.620 bits per heavy atom. The van der Waals surface area contributed by atoms with Crippen LogP contribution in [0.15, 0.2) is 0 Å². The van der Waals surface area contributed by atoms with E-state index in [9.17, 15) is 45.6 Å². The standard InChI is InChI=1S/C78H153NO13/c1-3-5-7-9-11-13-15-17-19-21-23-25-27-29-30-31-32-33-34-35-36-38-39-41-43-45-47-49-51-53-55-57-59-61-67(82)66(65-89-77-75(88)73(86)76(69(64-81)91-77)92-78-74(87)72(85)71(84)68(63-80)90-78)79-70(83)62-60-58-56-54-52-50-48-46-44-42-40-37-28-26-24-22-20-18-16-14-12-10-8-6-4-2/h66-69,71-78,80-82,84-88H,3-65H2,1-2H3,(H,79,83). The fourth-order valence-corrected chi connectivity index (χ4v) is 14.0. The summed E-state index contributed by atoms with van der Waals surface area (Å²) in [5.41, 5.74) is 0. The van der Waals surface area contributed by atoms with Crippen LogP contribution >= 0.6 is 0 Å². The van der Waals surface area contributed by atoms with Crippen LogP contribution in [0.3, 0.4) is 0 Å². The molecule has 92 heavy (non-hydrogen) atoms. The Morgan fingerprint density at radius 1 is 0.348 bits per heavy atom. The third kappa shape index (κ3) is 46.3. The van der Waals surface area contributed by atoms with Crippen LogP contribution in [0, 0.1) is 0 Å². The van der Waals surface area contributed by atoms with Crippen molar-refractivity contribution in [3.05, 3.63) is 0 Å². The van der Waals surface area contributed by atoms with Gasteiger partial charge in [0.1, 0.15) is 48.8 Å². The second-order valence-corrected chi connectivity index (χ2v) is 28.9. The Balaban J connectivity index is 1.60. The van der Waals surface area contributed by atoms with Crippen molar-refractivity contribution in [1.82, 2.24) is 5.32 Å². The molecule has 2 heterocycles. The lowest BCUT2D eigenvalue weighted by molar-refractivity contribution is -0.359. The number of hydrogen-bond donors (Lipinski definition) is 9. The maximum atomic E-state index is 13.4. The minimum atomic E-state index is -1.78. The van der Waals surface area contributed by atoms with Gasteiger partial charge < -0.3 is 65.1 Å². The first-order valence-corrected chi connectivity index (χ1v) is 40.3. The molecule has 0 aromatic heterocycles. The van der Waals surface area contributed by atoms with Crippen molar-refractivity contribution in [1.29, 1.82) is 0 Å². The highest BCUT2D eigenvalue weighted by atomic mass is 16.7. The Kier molecular flexibility index (Phi) is 60.0. The van der Waals surface area contributed by atoms with E-state index in [0.717, 1.165) is 51.4 Å². The molecular weight excluding hydrogens is 1160 g/mol. The zero-order valence-electron chi connectivity index (χ0n) is 60.1. The second-order valence-electron chi connectivity index (χ2n) is 28.9. The Bertz CT molecular complexity index is 1550. The summed E-state index contributed by atoms with van der Waals surface area (Å²) in [5.74, 6) is -0.195. The minimum absolute atomic E-state index is 0.195. The molecule has 2 fully saturated rings. The van der Waals surface area contributed by atoms with E-state index in [2.05, 4.69) is 19.2 Å². The normalized spacial score (nSPS) is 22.5. The molecule has 1 amide bonds. The predicted molar refractivity (Wildman–Crippen MR) is 379 cm³/mol. The highest BCUT2D eigenvalue weighted by Crippen LogP contribution is 2.31. The van der Waals surface area contributed by atoms with Gasteiger partial charge in [-0.05, 0) is 12.8 Å². The van der Waals surface area contributed by atoms with E-state index in [1.54, 1.807) is 0 Å². The molecule has 2 saturated heterocycles. The third-order valence-corrected chi connectivity index (χ3v) is 20.3. The lowest BCUT2D eigenvalue weighted by Crippen LogP contribution is -2.65. The molecule has 0 aromatic carbocycles. The molecule has 548 valence electrons. The first kappa shape index (κ1) is 87.1. The van der Waals surface area contributed by atoms with Crippen molar-refractivity contribution < 1.29 is 64.6 Å². The molecule has 0 saturated carbocycles. The molecule has 14 heteroatoms. The quantitative estimate of drug-likeness (QED) is 0.0259. The van der Waals surface area contributed by atoms with E-state index in [1.165, 1.54) is 321 Å². The number of aliphatic hydroxyl groups is 8. The van der Waals surface area contributed by atoms with Crippen molar-refractivity contribution in [2.75, 3.05) is 19.8 Å². The van der Waals surface area contributed by atoms with Crippen LogP contribution in [-0.4, -0.2) is 140 Å². The average molecular weight is 1310 g/mol. The van der Waals surface area contributed by atoms with Gasteiger partial charge in [-0.15, -0.1) is 0 Å². The van der Waals surface area contributed by atoms with Gasteiger partial charge >= 0.3 is 0 Å². The number of aliphatic hydroxyl groups excluding tert-OH is 8. The van der Waals surface area contributed by atoms with Gasteiger partial charge in [-0.25, -0.2) is 0 Å². The van der Waals surface area contributed by atoms with Gasteiger partial charge in [0.15, 0.2) is 12.6 Å². The number of ether oxygens (including phenoxy) is 4. The maximum absolute atomic E-state index is 13.4. The molecule has 14 nitrogen and oxygen atoms in total. The molecule has 0 aliphatic carbocycles. The summed E-state index contributed by atoms with van der Waals surface area (Å²) in [6, 6.07) is -0.825. The molecule has 0 bridgehead atoms. The monoisotopic (exact) mass is 1310 g/mol. The van der Waals surface area contributed by atoms with Crippen LogP contribution in [0.2, 0.25) is 0 Å². The van der Waals surface area contributed by atoms with Gasteiger partial charge in [0, 0.05) is 6.42 Å². The van der Waals surface area contributed by atoms with Gasteiger partial charge in [0.25, 0.3) is 0 Å². The second kappa shape index (κ2) is 63.4. The highest BCUT2D eigenvalue weighted by Gasteiger charge is 2.51. The number of unbranched alkanes of at least 4 members (excludes halogenated alkanes) is 56. The van der Waals surface area contributed by atoms with E-state index in [0.29, 0.717) is 12.8 Å². The third-order valence-electron chi connectivity index (χ3n) is 20.3. The molecule has 2 aliphatic heterocycles. The zero-order chi connectivity index (χ0) is 66.6. The summed E-state index contributed by atoms with van der Waals surface area (Å²) in [4.78, 5) is 13.4. The molecule has 0 aromatic rings. The Morgan fingerprint density at radius 3 is 0.924 bits per heavy atom. The van der Waals surface area contributed by atoms with Gasteiger partial charge in [0.2, 0.25) is 5.91 Å². The molecule has 0 radical (unpaired) electrons. The lowest BCUT2D eigenvalue weighted by atomic mass is 9.97. The summed E-state index contributed by atoms with van der Waals surface area (Å²) in [5, 5.41) is 87.9. The zero-order valence-corrected chi connectivity index (χ0v) is 60.1. The fourth-order valence-electron chi connectivity index (χ4n) is 14.0. The summed E-state index contributed by atoms with van der Waals surface area (Å²) < 4.78 is 23.0. The van der Waals surface area contributed by atoms with E-state index < -0.39 is 86.8 Å². The largest absolute Gasteiger partial charge is 0.394 e. The molecule has 2 rings (SSSR count). The Hall–Kier alpha value is -1.01. The number of carbonyl (C=O) groups is 1. The van der Waals surface area contributed by atoms with E-state index in [1.807, 2.05) is 0 Å². The predicted octanol–water partition coefficient (Wildman–Crippen LogP) is 17.9. The molecular formula is C78H153NO13. The van der Waals surface area contributed by atoms with Gasteiger partial charge in [-0.1, -0.05) is 380 Å². The number of amides is 1. The molecule has 2 aliphatic rings. The van der Waals surface area contributed by atoms with Crippen molar-refractivity contribution in [2.45, 2.75) is 473 Å². The summed E-state index contributed by atoms with van der Waals surface area (Å²) in [6.45, 7) is 2.95. The van der Waals surface area contributed by atoms with Gasteiger partial charge in [-0.2, -0.15) is 0 Å². The summed E-state index contributed by atoms with van der Waals surface area (Å²) >= 11 is 0. The van der Waals surface area contributed by atoms with E-state index in [-0.39, 0.29) is 12.5 Å². The van der Waals surface area contributed by atoms with Crippen molar-refractivity contribution in [3.63, 3.8) is 0 Å². The van der Waals surface area contributed by atoms with E-state index >= 15 is 0 Å². The summed E-state index contributed by atoms with van der Waals surface area (Å²) in [6.07, 6.45) is 61.5. The smallest absolute Gasteiger partial charge is 0.220 e. The number of nitrogens with one attached hydrogen (secondary N) is 1. The summed E-state index contributed by atoms with van der Waals surface area (Å²) in [7, 11) is 0. The van der Waals surface area contributed by atoms with Crippen LogP contribution in [-0.2, 0) is 23.7 Å². The van der Waals surface area contributed by atoms with Gasteiger partial charge in [0.05, 0.1) is 32.0 Å². The van der Waals surface area contributed by atoms with Crippen LogP contribution < -0.4 is 5.32 Å². The van der Waals surface area contributed by atoms with Crippen LogP contribution in [0.25, 0.3) is 0 Å². The highest BCUT2D eigenvalue weighted by molar-refractivity contribution is 5.76. The number of hydrogen-bond acceptors (Lipinski definition) is 13. The molecule has 0 spiro atoms. The van der Waals surface area contributed by atoms with E-state index in [4.69, 9.17) is 18.9 Å². The first-order chi connectivity index (χ1) is 45.1. The first-order valence-electron chi connectivity index (χ1n) is 40.3. The van der Waals surface area contributed by atoms with Crippen molar-refractivity contribution in [3.8, 4) is 0 Å². The van der Waals surface area contributed by atoms with Crippen LogP contribution in [0.4, 0.5) is 0 Å². The lowest BCUT2D eigenvalue weighted by Gasteiger charge is -2.46. The van der Waals surface area contributed by atoms with Crippen LogP contribution in [0.5, 0.6) is 0 Å². The molecule has 12 atom stereocenters.